The Bertz CT molecular complexity index is 211. The first-order valence-electron chi connectivity index (χ1n) is 2.35. The van der Waals surface area contributed by atoms with Gasteiger partial charge in [-0.25, -0.2) is 13.7 Å². The molecule has 0 fully saturated rings. The molecule has 0 saturated carbocycles. The monoisotopic (exact) mass is 326 g/mol. The van der Waals surface area contributed by atoms with Gasteiger partial charge in [0.1, 0.15) is 0 Å². The van der Waals surface area contributed by atoms with Crippen LogP contribution in [0.4, 0.5) is 0 Å². The molecule has 0 aliphatic heterocycles. The molecule has 0 atom stereocenters. The fraction of sp³-hybridized carbons (Fsp3) is 0. The van der Waals surface area contributed by atoms with Crippen molar-refractivity contribution in [1.29, 1.82) is 0 Å². The Morgan fingerprint density at radius 2 is 0.500 bits per heavy atom. The third kappa shape index (κ3) is 3840. The summed E-state index contributed by atoms with van der Waals surface area (Å²) < 4.78 is 26.6. The van der Waals surface area contributed by atoms with Crippen LogP contribution in [-0.4, -0.2) is 61.4 Å². The van der Waals surface area contributed by atoms with Crippen molar-refractivity contribution in [3.8, 4) is 0 Å². The largest absolute Gasteiger partial charge is 1.00 e. The van der Waals surface area contributed by atoms with Crippen LogP contribution >= 0.6 is 23.5 Å². The fourth-order valence-electron chi connectivity index (χ4n) is 0. The van der Waals surface area contributed by atoms with Crippen molar-refractivity contribution in [1.82, 2.24) is 0 Å². The summed E-state index contributed by atoms with van der Waals surface area (Å²) in [5, 5.41) is 0. The SMILES string of the molecule is O=P(O)(O)O.O=P(O)(O)O.O=P(O)(O)O.[AlH3].[H+].[H+]. The summed E-state index contributed by atoms with van der Waals surface area (Å²) in [5.41, 5.74) is 0. The number of rotatable bonds is 0. The van der Waals surface area contributed by atoms with E-state index in [1.54, 1.807) is 0 Å². The second kappa shape index (κ2) is 9.85. The minimum atomic E-state index is -4.64. The van der Waals surface area contributed by atoms with Crippen molar-refractivity contribution in [2.45, 2.75) is 0 Å². The van der Waals surface area contributed by atoms with E-state index in [9.17, 15) is 0 Å². The van der Waals surface area contributed by atoms with E-state index in [0.29, 0.717) is 0 Å². The van der Waals surface area contributed by atoms with E-state index < -0.39 is 23.5 Å². The topological polar surface area (TPSA) is 233 Å². The molecule has 0 heterocycles. The van der Waals surface area contributed by atoms with Crippen LogP contribution in [-0.2, 0) is 13.7 Å². The predicted octanol–water partition coefficient (Wildman–Crippen LogP) is -3.74. The van der Waals surface area contributed by atoms with Gasteiger partial charge in [-0.1, -0.05) is 0 Å². The maximum atomic E-state index is 8.88. The smallest absolute Gasteiger partial charge is 0.303 e. The highest BCUT2D eigenvalue weighted by Crippen LogP contribution is 2.26. The molecule has 0 aromatic rings. The number of phosphoric acid groups is 3. The Morgan fingerprint density at radius 3 is 0.500 bits per heavy atom. The first kappa shape index (κ1) is 25.6. The van der Waals surface area contributed by atoms with E-state index in [2.05, 4.69) is 0 Å². The lowest BCUT2D eigenvalue weighted by Crippen LogP contribution is -1.66. The summed E-state index contributed by atoms with van der Waals surface area (Å²) in [7, 11) is -13.9. The quantitative estimate of drug-likeness (QED) is 0.154. The molecular formula is H14AlO12P3+2. The van der Waals surface area contributed by atoms with Gasteiger partial charge in [0.05, 0.1) is 0 Å². The molecular weight excluding hydrogens is 312 g/mol. The van der Waals surface area contributed by atoms with E-state index in [0.717, 1.165) is 0 Å². The fourth-order valence-corrected chi connectivity index (χ4v) is 0. The first-order chi connectivity index (χ1) is 6.00. The van der Waals surface area contributed by atoms with Gasteiger partial charge >= 0.3 is 26.3 Å². The van der Waals surface area contributed by atoms with Crippen molar-refractivity contribution >= 4 is 40.8 Å². The molecule has 16 heavy (non-hydrogen) atoms. The Hall–Kier alpha value is 0.862. The Balaban J connectivity index is -0.0000000277. The zero-order chi connectivity index (χ0) is 13.5. The van der Waals surface area contributed by atoms with E-state index in [-0.39, 0.29) is 20.2 Å². The lowest BCUT2D eigenvalue weighted by atomic mass is 15.8. The minimum Gasteiger partial charge on any atom is -0.303 e. The summed E-state index contributed by atoms with van der Waals surface area (Å²) in [5.74, 6) is 0. The summed E-state index contributed by atoms with van der Waals surface area (Å²) in [6.45, 7) is 0. The van der Waals surface area contributed by atoms with Crippen molar-refractivity contribution < 1.29 is 60.6 Å². The molecule has 0 amide bonds. The zero-order valence-corrected chi connectivity index (χ0v) is 9.27. The maximum Gasteiger partial charge on any atom is 1.00 e. The van der Waals surface area contributed by atoms with Crippen LogP contribution in [0.1, 0.15) is 2.85 Å². The van der Waals surface area contributed by atoms with Gasteiger partial charge in [-0.3, -0.25) is 0 Å². The molecule has 0 spiro atoms. The second-order valence-corrected chi connectivity index (χ2v) is 4.62. The van der Waals surface area contributed by atoms with Gasteiger partial charge < -0.3 is 44.0 Å². The van der Waals surface area contributed by atoms with Crippen LogP contribution in [0.25, 0.3) is 0 Å². The molecule has 0 radical (unpaired) electrons. The third-order valence-corrected chi connectivity index (χ3v) is 0. The Kier molecular flexibility index (Phi) is 15.8. The van der Waals surface area contributed by atoms with Gasteiger partial charge in [0.2, 0.25) is 0 Å². The second-order valence-electron chi connectivity index (χ2n) is 1.54. The van der Waals surface area contributed by atoms with Crippen LogP contribution < -0.4 is 0 Å². The van der Waals surface area contributed by atoms with Crippen LogP contribution in [0.15, 0.2) is 0 Å². The van der Waals surface area contributed by atoms with Crippen molar-refractivity contribution in [2.24, 2.45) is 0 Å². The van der Waals surface area contributed by atoms with Crippen molar-refractivity contribution in [3.63, 3.8) is 0 Å². The van der Waals surface area contributed by atoms with Crippen molar-refractivity contribution in [2.75, 3.05) is 0 Å². The van der Waals surface area contributed by atoms with Crippen LogP contribution in [0.3, 0.4) is 0 Å². The van der Waals surface area contributed by atoms with Gasteiger partial charge in [0.15, 0.2) is 17.4 Å². The lowest BCUT2D eigenvalue weighted by Gasteiger charge is -1.82. The minimum absolute atomic E-state index is 0. The van der Waals surface area contributed by atoms with Crippen LogP contribution in [0, 0.1) is 0 Å². The maximum absolute atomic E-state index is 8.88. The molecule has 0 aliphatic rings. The standard InChI is InChI=1S/Al.3H3O4P.3H/c;3*1-5(2,3)4;;;/h;3*(H3,1,2,3,4);;;/p+2. The highest BCUT2D eigenvalue weighted by atomic mass is 31.2. The highest BCUT2D eigenvalue weighted by molar-refractivity contribution is 7.45. The Labute approximate surface area is 102 Å². The highest BCUT2D eigenvalue weighted by Gasteiger charge is 2.01. The molecule has 0 unspecified atom stereocenters. The molecule has 102 valence electrons. The van der Waals surface area contributed by atoms with Gasteiger partial charge in [-0.05, 0) is 0 Å². The summed E-state index contributed by atoms with van der Waals surface area (Å²) in [4.78, 5) is 64.7. The molecule has 0 bridgehead atoms. The molecule has 0 saturated heterocycles. The Morgan fingerprint density at radius 1 is 0.500 bits per heavy atom. The average Bonchev–Trinajstić information content (AvgIpc) is 1.41. The number of hydrogen-bond acceptors (Lipinski definition) is 3. The summed E-state index contributed by atoms with van der Waals surface area (Å²) >= 11 is 0. The summed E-state index contributed by atoms with van der Waals surface area (Å²) in [6, 6.07) is 0. The molecule has 0 aliphatic carbocycles. The van der Waals surface area contributed by atoms with Gasteiger partial charge in [-0.2, -0.15) is 0 Å². The van der Waals surface area contributed by atoms with E-state index in [4.69, 9.17) is 57.7 Å². The molecule has 16 heteroatoms. The molecule has 12 nitrogen and oxygen atoms in total. The zero-order valence-electron chi connectivity index (χ0n) is 8.59. The van der Waals surface area contributed by atoms with Crippen LogP contribution in [0.5, 0.6) is 0 Å². The van der Waals surface area contributed by atoms with Gasteiger partial charge in [-0.15, -0.1) is 0 Å². The van der Waals surface area contributed by atoms with E-state index >= 15 is 0 Å². The molecule has 0 rings (SSSR count). The van der Waals surface area contributed by atoms with E-state index in [1.165, 1.54) is 0 Å². The van der Waals surface area contributed by atoms with Crippen molar-refractivity contribution in [3.05, 3.63) is 0 Å². The average molecular weight is 326 g/mol. The first-order valence-corrected chi connectivity index (χ1v) is 7.04. The molecule has 9 N–H and O–H groups in total. The van der Waals surface area contributed by atoms with E-state index in [1.807, 2.05) is 0 Å². The van der Waals surface area contributed by atoms with Crippen LogP contribution in [0.2, 0.25) is 0 Å². The number of hydrogen-bond donors (Lipinski definition) is 9. The van der Waals surface area contributed by atoms with Gasteiger partial charge in [0, 0.05) is 0 Å². The lowest BCUT2D eigenvalue weighted by molar-refractivity contribution is 0.272. The molecule has 0 aromatic heterocycles. The normalized spacial score (nSPS) is 11.1. The third-order valence-electron chi connectivity index (χ3n) is 0. The van der Waals surface area contributed by atoms with Gasteiger partial charge in [0.25, 0.3) is 0 Å². The molecule has 0 aromatic carbocycles. The predicted molar refractivity (Wildman–Crippen MR) is 55.0 cm³/mol. The summed E-state index contributed by atoms with van der Waals surface area (Å²) in [6.07, 6.45) is 0.